The molecule has 0 unspecified atom stereocenters. The summed E-state index contributed by atoms with van der Waals surface area (Å²) in [6.07, 6.45) is 1.71. The van der Waals surface area contributed by atoms with Crippen molar-refractivity contribution in [2.45, 2.75) is 13.8 Å². The maximum absolute atomic E-state index is 12.9. The van der Waals surface area contributed by atoms with Crippen molar-refractivity contribution in [1.82, 2.24) is 0 Å². The minimum absolute atomic E-state index is 0.0954. The number of carbonyl (C=O) groups is 2. The Morgan fingerprint density at radius 2 is 1.71 bits per heavy atom. The lowest BCUT2D eigenvalue weighted by Gasteiger charge is -2.22. The Morgan fingerprint density at radius 1 is 1.11 bits per heavy atom. The number of carboxylic acids is 1. The van der Waals surface area contributed by atoms with Crippen LogP contribution in [0.1, 0.15) is 29.8 Å². The van der Waals surface area contributed by atoms with Crippen molar-refractivity contribution in [2.75, 3.05) is 22.9 Å². The lowest BCUT2D eigenvalue weighted by Crippen LogP contribution is -2.27. The number of hydrogen-bond donors (Lipinski definition) is 0. The average molecular weight is 412 g/mol. The quantitative estimate of drug-likeness (QED) is 0.537. The third kappa shape index (κ3) is 4.10. The van der Waals surface area contributed by atoms with E-state index in [4.69, 9.17) is 12.2 Å². The SMILES string of the molecule is CCN(CC)c1ccc(N2C(=O)C(=Cc3ccc(C(=O)[O-])cc3)SC2=S)cc1. The molecule has 1 aliphatic heterocycles. The molecule has 1 amide bonds. The van der Waals surface area contributed by atoms with Crippen molar-refractivity contribution < 1.29 is 14.7 Å². The molecule has 0 spiro atoms. The van der Waals surface area contributed by atoms with E-state index < -0.39 is 5.97 Å². The fraction of sp³-hybridized carbons (Fsp3) is 0.190. The molecule has 1 fully saturated rings. The number of carbonyl (C=O) groups excluding carboxylic acids is 2. The van der Waals surface area contributed by atoms with E-state index in [1.54, 1.807) is 18.2 Å². The summed E-state index contributed by atoms with van der Waals surface area (Å²) in [6, 6.07) is 14.0. The highest BCUT2D eigenvalue weighted by Crippen LogP contribution is 2.36. The van der Waals surface area contributed by atoms with E-state index in [0.29, 0.717) is 9.23 Å². The second-order valence-electron chi connectivity index (χ2n) is 6.12. The number of thiocarbonyl (C=S) groups is 1. The maximum atomic E-state index is 12.9. The normalized spacial score (nSPS) is 15.4. The van der Waals surface area contributed by atoms with Crippen LogP contribution < -0.4 is 14.9 Å². The predicted octanol–water partition coefficient (Wildman–Crippen LogP) is 3.30. The third-order valence-electron chi connectivity index (χ3n) is 4.47. The number of thioether (sulfide) groups is 1. The van der Waals surface area contributed by atoms with E-state index in [0.717, 1.165) is 30.0 Å². The van der Waals surface area contributed by atoms with Crippen LogP contribution in [0.4, 0.5) is 11.4 Å². The van der Waals surface area contributed by atoms with Crippen LogP contribution in [0.5, 0.6) is 0 Å². The van der Waals surface area contributed by atoms with E-state index in [2.05, 4.69) is 18.7 Å². The summed E-state index contributed by atoms with van der Waals surface area (Å²) in [5.74, 6) is -1.42. The van der Waals surface area contributed by atoms with Crippen LogP contribution >= 0.6 is 24.0 Å². The Labute approximate surface area is 173 Å². The Bertz CT molecular complexity index is 933. The van der Waals surface area contributed by atoms with Crippen LogP contribution in [0.2, 0.25) is 0 Å². The lowest BCUT2D eigenvalue weighted by molar-refractivity contribution is -0.255. The third-order valence-corrected chi connectivity index (χ3v) is 5.78. The molecule has 7 heteroatoms. The van der Waals surface area contributed by atoms with Crippen LogP contribution in [0.15, 0.2) is 53.4 Å². The standard InChI is InChI=1S/C21H20N2O3S2/c1-3-22(4-2)16-9-11-17(12-10-16)23-19(24)18(28-21(23)27)13-14-5-7-15(8-6-14)20(25)26/h5-13H,3-4H2,1-2H3,(H,25,26)/p-1. The van der Waals surface area contributed by atoms with Gasteiger partial charge in [0, 0.05) is 18.8 Å². The van der Waals surface area contributed by atoms with Gasteiger partial charge in [0.05, 0.1) is 16.6 Å². The van der Waals surface area contributed by atoms with Crippen molar-refractivity contribution in [3.05, 3.63) is 64.6 Å². The van der Waals surface area contributed by atoms with Crippen molar-refractivity contribution in [2.24, 2.45) is 0 Å². The molecule has 5 nitrogen and oxygen atoms in total. The first-order chi connectivity index (χ1) is 13.4. The molecule has 2 aromatic carbocycles. The zero-order chi connectivity index (χ0) is 20.3. The molecule has 3 rings (SSSR count). The summed E-state index contributed by atoms with van der Waals surface area (Å²) in [7, 11) is 0. The highest BCUT2D eigenvalue weighted by molar-refractivity contribution is 8.27. The molecule has 1 saturated heterocycles. The molecule has 0 aliphatic carbocycles. The van der Waals surface area contributed by atoms with Gasteiger partial charge in [0.15, 0.2) is 4.32 Å². The summed E-state index contributed by atoms with van der Waals surface area (Å²) >= 11 is 6.64. The zero-order valence-corrected chi connectivity index (χ0v) is 17.2. The minimum Gasteiger partial charge on any atom is -0.545 e. The minimum atomic E-state index is -1.23. The highest BCUT2D eigenvalue weighted by Gasteiger charge is 2.33. The predicted molar refractivity (Wildman–Crippen MR) is 116 cm³/mol. The Kier molecular flexibility index (Phi) is 6.16. The lowest BCUT2D eigenvalue weighted by atomic mass is 10.1. The van der Waals surface area contributed by atoms with E-state index in [1.807, 2.05) is 24.3 Å². The fourth-order valence-electron chi connectivity index (χ4n) is 2.96. The number of anilines is 2. The van der Waals surface area contributed by atoms with Gasteiger partial charge in [-0.2, -0.15) is 0 Å². The van der Waals surface area contributed by atoms with Crippen LogP contribution in [-0.2, 0) is 4.79 Å². The Balaban J connectivity index is 1.82. The van der Waals surface area contributed by atoms with Crippen LogP contribution in [0, 0.1) is 0 Å². The van der Waals surface area contributed by atoms with Crippen molar-refractivity contribution in [3.8, 4) is 0 Å². The maximum Gasteiger partial charge on any atom is 0.270 e. The van der Waals surface area contributed by atoms with Gasteiger partial charge in [0.2, 0.25) is 0 Å². The highest BCUT2D eigenvalue weighted by atomic mass is 32.2. The molecule has 1 heterocycles. The van der Waals surface area contributed by atoms with E-state index in [9.17, 15) is 14.7 Å². The largest absolute Gasteiger partial charge is 0.545 e. The molecule has 0 saturated carbocycles. The fourth-order valence-corrected chi connectivity index (χ4v) is 4.26. The summed E-state index contributed by atoms with van der Waals surface area (Å²) < 4.78 is 0.471. The smallest absolute Gasteiger partial charge is 0.270 e. The second-order valence-corrected chi connectivity index (χ2v) is 7.79. The Hall–Kier alpha value is -2.64. The first kappa shape index (κ1) is 20.1. The summed E-state index contributed by atoms with van der Waals surface area (Å²) in [4.78, 5) is 28.0. The topological polar surface area (TPSA) is 63.7 Å². The average Bonchev–Trinajstić information content (AvgIpc) is 2.97. The molecule has 1 aliphatic rings. The monoisotopic (exact) mass is 411 g/mol. The number of rotatable bonds is 6. The number of nitrogens with zero attached hydrogens (tertiary/aromatic N) is 2. The molecular weight excluding hydrogens is 392 g/mol. The molecule has 144 valence electrons. The van der Waals surface area contributed by atoms with Crippen molar-refractivity contribution >= 4 is 57.6 Å². The number of benzene rings is 2. The molecule has 0 bridgehead atoms. The molecule has 0 atom stereocenters. The van der Waals surface area contributed by atoms with Gasteiger partial charge in [0.25, 0.3) is 5.91 Å². The molecular formula is C21H19N2O3S2-. The van der Waals surface area contributed by atoms with Crippen LogP contribution in [0.3, 0.4) is 0 Å². The first-order valence-corrected chi connectivity index (χ1v) is 10.1. The Morgan fingerprint density at radius 3 is 2.25 bits per heavy atom. The number of hydrogen-bond acceptors (Lipinski definition) is 6. The summed E-state index contributed by atoms with van der Waals surface area (Å²) in [6.45, 7) is 6.03. The van der Waals surface area contributed by atoms with E-state index >= 15 is 0 Å². The molecule has 0 aromatic heterocycles. The van der Waals surface area contributed by atoms with Gasteiger partial charge in [-0.3, -0.25) is 9.69 Å². The van der Waals surface area contributed by atoms with Gasteiger partial charge in [-0.1, -0.05) is 48.2 Å². The summed E-state index contributed by atoms with van der Waals surface area (Å²) in [5, 5.41) is 10.8. The van der Waals surface area contributed by atoms with Gasteiger partial charge in [-0.05, 0) is 55.3 Å². The number of aromatic carboxylic acids is 1. The number of amides is 1. The van der Waals surface area contributed by atoms with Crippen LogP contribution in [0.25, 0.3) is 6.08 Å². The van der Waals surface area contributed by atoms with Crippen molar-refractivity contribution in [3.63, 3.8) is 0 Å². The van der Waals surface area contributed by atoms with Gasteiger partial charge in [-0.15, -0.1) is 0 Å². The van der Waals surface area contributed by atoms with Gasteiger partial charge < -0.3 is 14.8 Å². The van der Waals surface area contributed by atoms with Gasteiger partial charge >= 0.3 is 0 Å². The summed E-state index contributed by atoms with van der Waals surface area (Å²) in [5.41, 5.74) is 2.65. The van der Waals surface area contributed by atoms with E-state index in [-0.39, 0.29) is 11.5 Å². The molecule has 0 radical (unpaired) electrons. The van der Waals surface area contributed by atoms with Crippen molar-refractivity contribution in [1.29, 1.82) is 0 Å². The second kappa shape index (κ2) is 8.58. The van der Waals surface area contributed by atoms with Crippen LogP contribution in [-0.4, -0.2) is 29.3 Å². The molecule has 28 heavy (non-hydrogen) atoms. The first-order valence-electron chi connectivity index (χ1n) is 8.89. The zero-order valence-electron chi connectivity index (χ0n) is 15.5. The van der Waals surface area contributed by atoms with Gasteiger partial charge in [0.1, 0.15) is 0 Å². The van der Waals surface area contributed by atoms with Gasteiger partial charge in [-0.25, -0.2) is 0 Å². The van der Waals surface area contributed by atoms with E-state index in [1.165, 1.54) is 28.8 Å². The molecule has 2 aromatic rings. The number of carboxylic acid groups (broad SMARTS) is 1. The molecule has 0 N–H and O–H groups in total.